The average molecular weight is 281 g/mol. The van der Waals surface area contributed by atoms with Crippen molar-refractivity contribution in [1.82, 2.24) is 0 Å². The molecule has 0 aliphatic heterocycles. The molecule has 0 aliphatic carbocycles. The quantitative estimate of drug-likeness (QED) is 0.836. The standard InChI is InChI=1S/C13H14F5O/c1-11(2,7-12(3,19)13(16,17)18)8-4-9(14)6-10(15)5-8/h4-6,19H,3,7H2,1-2H3. The summed E-state index contributed by atoms with van der Waals surface area (Å²) in [5.41, 5.74) is -4.45. The number of alkyl halides is 3. The van der Waals surface area contributed by atoms with Gasteiger partial charge in [0.05, 0.1) is 0 Å². The third-order valence-electron chi connectivity index (χ3n) is 2.91. The van der Waals surface area contributed by atoms with Crippen LogP contribution in [0.2, 0.25) is 0 Å². The third-order valence-corrected chi connectivity index (χ3v) is 2.91. The number of aliphatic hydroxyl groups is 1. The van der Waals surface area contributed by atoms with Gasteiger partial charge in [0.25, 0.3) is 0 Å². The first-order valence-electron chi connectivity index (χ1n) is 5.46. The Balaban J connectivity index is 3.11. The molecule has 0 fully saturated rings. The van der Waals surface area contributed by atoms with Crippen LogP contribution in [0, 0.1) is 18.6 Å². The molecule has 0 saturated heterocycles. The second-order valence-electron chi connectivity index (χ2n) is 5.25. The number of hydrogen-bond acceptors (Lipinski definition) is 1. The van der Waals surface area contributed by atoms with E-state index in [0.717, 1.165) is 12.1 Å². The Kier molecular flexibility index (Phi) is 3.96. The van der Waals surface area contributed by atoms with E-state index in [9.17, 15) is 27.1 Å². The van der Waals surface area contributed by atoms with Crippen molar-refractivity contribution in [3.05, 3.63) is 42.3 Å². The molecule has 1 aromatic rings. The van der Waals surface area contributed by atoms with Gasteiger partial charge in [-0.15, -0.1) is 0 Å². The highest BCUT2D eigenvalue weighted by Gasteiger charge is 2.52. The highest BCUT2D eigenvalue weighted by Crippen LogP contribution is 2.40. The van der Waals surface area contributed by atoms with Crippen LogP contribution < -0.4 is 0 Å². The summed E-state index contributed by atoms with van der Waals surface area (Å²) in [4.78, 5) is 0. The minimum absolute atomic E-state index is 0.0244. The number of rotatable bonds is 3. The van der Waals surface area contributed by atoms with Crippen LogP contribution in [0.4, 0.5) is 22.0 Å². The van der Waals surface area contributed by atoms with Crippen molar-refractivity contribution in [3.8, 4) is 0 Å². The van der Waals surface area contributed by atoms with Gasteiger partial charge in [-0.3, -0.25) is 0 Å². The summed E-state index contributed by atoms with van der Waals surface area (Å²) in [6.07, 6.45) is -5.73. The molecule has 0 heterocycles. The molecule has 1 unspecified atom stereocenters. The SMILES string of the molecule is [CH2]C(O)(CC(C)(C)c1cc(F)cc(F)c1)C(F)(F)F. The van der Waals surface area contributed by atoms with Crippen LogP contribution in [0.5, 0.6) is 0 Å². The van der Waals surface area contributed by atoms with Crippen molar-refractivity contribution in [2.45, 2.75) is 37.5 Å². The molecule has 1 atom stereocenters. The molecule has 1 rings (SSSR count). The first kappa shape index (κ1) is 15.9. The fourth-order valence-electron chi connectivity index (χ4n) is 1.88. The van der Waals surface area contributed by atoms with Gasteiger partial charge in [-0.25, -0.2) is 8.78 Å². The lowest BCUT2D eigenvalue weighted by atomic mass is 9.75. The van der Waals surface area contributed by atoms with Crippen molar-refractivity contribution in [3.63, 3.8) is 0 Å². The predicted molar refractivity (Wildman–Crippen MR) is 60.4 cm³/mol. The van der Waals surface area contributed by atoms with E-state index in [1.807, 2.05) is 0 Å². The molecule has 0 bridgehead atoms. The zero-order chi connectivity index (χ0) is 15.1. The van der Waals surface area contributed by atoms with E-state index in [1.165, 1.54) is 13.8 Å². The Hall–Kier alpha value is -1.17. The van der Waals surface area contributed by atoms with Gasteiger partial charge in [-0.1, -0.05) is 13.8 Å². The van der Waals surface area contributed by atoms with Crippen molar-refractivity contribution < 1.29 is 27.1 Å². The van der Waals surface area contributed by atoms with E-state index in [1.54, 1.807) is 0 Å². The fourth-order valence-corrected chi connectivity index (χ4v) is 1.88. The van der Waals surface area contributed by atoms with E-state index in [2.05, 4.69) is 6.92 Å². The van der Waals surface area contributed by atoms with E-state index >= 15 is 0 Å². The highest BCUT2D eigenvalue weighted by atomic mass is 19.4. The van der Waals surface area contributed by atoms with Gasteiger partial charge in [0.1, 0.15) is 11.6 Å². The maximum Gasteiger partial charge on any atom is 0.417 e. The zero-order valence-corrected chi connectivity index (χ0v) is 10.5. The molecule has 1 N–H and O–H groups in total. The lowest BCUT2D eigenvalue weighted by molar-refractivity contribution is -0.247. The Morgan fingerprint density at radius 2 is 1.47 bits per heavy atom. The molecular weight excluding hydrogens is 267 g/mol. The van der Waals surface area contributed by atoms with E-state index in [0.29, 0.717) is 6.07 Å². The van der Waals surface area contributed by atoms with Gasteiger partial charge in [0, 0.05) is 6.07 Å². The predicted octanol–water partition coefficient (Wildman–Crippen LogP) is 3.76. The summed E-state index contributed by atoms with van der Waals surface area (Å²) in [5, 5.41) is 9.36. The zero-order valence-electron chi connectivity index (χ0n) is 10.5. The molecule has 0 amide bonds. The molecule has 1 radical (unpaired) electrons. The van der Waals surface area contributed by atoms with Crippen LogP contribution in [0.1, 0.15) is 25.8 Å². The van der Waals surface area contributed by atoms with Crippen molar-refractivity contribution in [1.29, 1.82) is 0 Å². The lowest BCUT2D eigenvalue weighted by Gasteiger charge is -2.35. The molecule has 1 aromatic carbocycles. The molecule has 0 aliphatic rings. The van der Waals surface area contributed by atoms with Crippen LogP contribution in [0.3, 0.4) is 0 Å². The van der Waals surface area contributed by atoms with Crippen molar-refractivity contribution in [2.75, 3.05) is 0 Å². The highest BCUT2D eigenvalue weighted by molar-refractivity contribution is 5.26. The lowest BCUT2D eigenvalue weighted by Crippen LogP contribution is -2.46. The van der Waals surface area contributed by atoms with Crippen LogP contribution >= 0.6 is 0 Å². The van der Waals surface area contributed by atoms with E-state index in [-0.39, 0.29) is 5.56 Å². The van der Waals surface area contributed by atoms with Gasteiger partial charge in [-0.2, -0.15) is 13.2 Å². The Morgan fingerprint density at radius 3 is 1.84 bits per heavy atom. The molecule has 0 spiro atoms. The molecular formula is C13H14F5O. The smallest absolute Gasteiger partial charge is 0.380 e. The largest absolute Gasteiger partial charge is 0.417 e. The second kappa shape index (κ2) is 4.74. The monoisotopic (exact) mass is 281 g/mol. The van der Waals surface area contributed by atoms with Gasteiger partial charge in [0.15, 0.2) is 5.60 Å². The summed E-state index contributed by atoms with van der Waals surface area (Å²) in [6.45, 7) is 5.44. The van der Waals surface area contributed by atoms with Gasteiger partial charge in [0.2, 0.25) is 0 Å². The summed E-state index contributed by atoms with van der Waals surface area (Å²) < 4.78 is 63.9. The van der Waals surface area contributed by atoms with Crippen LogP contribution in [0.25, 0.3) is 0 Å². The Morgan fingerprint density at radius 1 is 1.05 bits per heavy atom. The number of benzene rings is 1. The minimum atomic E-state index is -4.92. The first-order chi connectivity index (χ1) is 8.35. The molecule has 6 heteroatoms. The summed E-state index contributed by atoms with van der Waals surface area (Å²) in [5.74, 6) is -1.77. The van der Waals surface area contributed by atoms with Gasteiger partial charge >= 0.3 is 6.18 Å². The fraction of sp³-hybridized carbons (Fsp3) is 0.462. The Bertz CT molecular complexity index is 442. The molecule has 0 aromatic heterocycles. The normalized spacial score (nSPS) is 16.3. The van der Waals surface area contributed by atoms with Gasteiger partial charge in [-0.05, 0) is 36.5 Å². The third kappa shape index (κ3) is 3.65. The maximum absolute atomic E-state index is 13.1. The molecule has 1 nitrogen and oxygen atoms in total. The van der Waals surface area contributed by atoms with Crippen LogP contribution in [-0.2, 0) is 5.41 Å². The molecule has 19 heavy (non-hydrogen) atoms. The van der Waals surface area contributed by atoms with Crippen molar-refractivity contribution in [2.24, 2.45) is 0 Å². The second-order valence-corrected chi connectivity index (χ2v) is 5.25. The van der Waals surface area contributed by atoms with Gasteiger partial charge < -0.3 is 5.11 Å². The molecule has 0 saturated carbocycles. The topological polar surface area (TPSA) is 20.2 Å². The van der Waals surface area contributed by atoms with Crippen LogP contribution in [-0.4, -0.2) is 16.9 Å². The van der Waals surface area contributed by atoms with Crippen LogP contribution in [0.15, 0.2) is 18.2 Å². The van der Waals surface area contributed by atoms with E-state index < -0.39 is 35.2 Å². The average Bonchev–Trinajstić information content (AvgIpc) is 2.12. The number of hydrogen-bond donors (Lipinski definition) is 1. The van der Waals surface area contributed by atoms with Crippen molar-refractivity contribution >= 4 is 0 Å². The maximum atomic E-state index is 13.1. The Labute approximate surface area is 108 Å². The molecule has 107 valence electrons. The summed E-state index contributed by atoms with van der Waals surface area (Å²) >= 11 is 0. The summed E-state index contributed by atoms with van der Waals surface area (Å²) in [6, 6.07) is 2.50. The summed E-state index contributed by atoms with van der Waals surface area (Å²) in [7, 11) is 0. The minimum Gasteiger partial charge on any atom is -0.380 e. The van der Waals surface area contributed by atoms with E-state index in [4.69, 9.17) is 0 Å². The first-order valence-corrected chi connectivity index (χ1v) is 5.46. The number of halogens is 5.